The minimum absolute atomic E-state index is 0.0948. The highest BCUT2D eigenvalue weighted by molar-refractivity contribution is 7.13. The molecule has 1 aliphatic rings. The first-order chi connectivity index (χ1) is 13.3. The van der Waals surface area contributed by atoms with E-state index in [4.69, 9.17) is 4.74 Å². The van der Waals surface area contributed by atoms with Gasteiger partial charge in [-0.15, -0.1) is 22.7 Å². The van der Waals surface area contributed by atoms with E-state index in [2.05, 4.69) is 44.5 Å². The number of ether oxygens (including phenoxy) is 1. The highest BCUT2D eigenvalue weighted by atomic mass is 32.1. The summed E-state index contributed by atoms with van der Waals surface area (Å²) in [4.78, 5) is 23.1. The summed E-state index contributed by atoms with van der Waals surface area (Å²) in [5, 5.41) is 8.11. The molecule has 3 heterocycles. The van der Waals surface area contributed by atoms with Crippen LogP contribution in [0.2, 0.25) is 0 Å². The Hall–Kier alpha value is -2.13. The van der Waals surface area contributed by atoms with Gasteiger partial charge in [0.15, 0.2) is 5.13 Å². The number of anilines is 1. The summed E-state index contributed by atoms with van der Waals surface area (Å²) in [6, 6.07) is 8.52. The van der Waals surface area contributed by atoms with E-state index in [0.29, 0.717) is 5.13 Å². The van der Waals surface area contributed by atoms with E-state index in [0.717, 1.165) is 49.1 Å². The minimum Gasteiger partial charge on any atom is -0.379 e. The number of hydrogen-bond donors (Lipinski definition) is 1. The second kappa shape index (κ2) is 8.71. The topological polar surface area (TPSA) is 67.4 Å². The van der Waals surface area contributed by atoms with E-state index in [-0.39, 0.29) is 12.3 Å². The molecule has 6 nitrogen and oxygen atoms in total. The molecule has 4 rings (SSSR count). The Labute approximate surface area is 165 Å². The van der Waals surface area contributed by atoms with Crippen LogP contribution in [0, 0.1) is 0 Å². The van der Waals surface area contributed by atoms with Crippen LogP contribution in [0.4, 0.5) is 5.13 Å². The first-order valence-electron chi connectivity index (χ1n) is 8.79. The maximum atomic E-state index is 12.1. The fourth-order valence-electron chi connectivity index (χ4n) is 2.90. The van der Waals surface area contributed by atoms with Crippen LogP contribution < -0.4 is 5.32 Å². The van der Waals surface area contributed by atoms with Crippen molar-refractivity contribution in [2.75, 3.05) is 31.6 Å². The van der Waals surface area contributed by atoms with Crippen molar-refractivity contribution in [2.24, 2.45) is 0 Å². The molecule has 0 unspecified atom stereocenters. The molecule has 1 fully saturated rings. The molecule has 0 saturated carbocycles. The number of carbonyl (C=O) groups excluding carboxylic acids is 1. The first kappa shape index (κ1) is 18.2. The van der Waals surface area contributed by atoms with Crippen LogP contribution in [0.25, 0.3) is 10.6 Å². The molecule has 1 N–H and O–H groups in total. The van der Waals surface area contributed by atoms with Gasteiger partial charge in [0, 0.05) is 42.2 Å². The summed E-state index contributed by atoms with van der Waals surface area (Å²) in [5.41, 5.74) is 3.15. The van der Waals surface area contributed by atoms with Gasteiger partial charge in [0.1, 0.15) is 5.01 Å². The molecule has 1 aromatic carbocycles. The van der Waals surface area contributed by atoms with E-state index in [9.17, 15) is 4.79 Å². The maximum absolute atomic E-state index is 12.1. The van der Waals surface area contributed by atoms with Crippen LogP contribution in [0.15, 0.2) is 41.2 Å². The van der Waals surface area contributed by atoms with Gasteiger partial charge in [-0.05, 0) is 5.56 Å². The zero-order valence-electron chi connectivity index (χ0n) is 14.8. The standard InChI is InChI=1S/C19H20N4O2S2/c24-17(22-19-20-5-10-26-19)11-16-13-27-18(21-16)15-3-1-14(2-4-15)12-23-6-8-25-9-7-23/h1-5,10,13H,6-9,11-12H2,(H,20,22,24). The number of thiazole rings is 2. The maximum Gasteiger partial charge on any atom is 0.232 e. The second-order valence-corrected chi connectivity index (χ2v) is 8.04. The molecule has 1 amide bonds. The van der Waals surface area contributed by atoms with Crippen LogP contribution in [-0.4, -0.2) is 47.1 Å². The van der Waals surface area contributed by atoms with E-state index in [1.165, 1.54) is 16.9 Å². The molecule has 2 aromatic heterocycles. The third kappa shape index (κ3) is 4.98. The lowest BCUT2D eigenvalue weighted by Gasteiger charge is -2.26. The number of hydrogen-bond acceptors (Lipinski definition) is 7. The molecular formula is C19H20N4O2S2. The molecule has 1 aliphatic heterocycles. The van der Waals surface area contributed by atoms with Crippen molar-refractivity contribution in [1.82, 2.24) is 14.9 Å². The smallest absolute Gasteiger partial charge is 0.232 e. The van der Waals surface area contributed by atoms with Crippen LogP contribution in [-0.2, 0) is 22.5 Å². The Balaban J connectivity index is 1.35. The van der Waals surface area contributed by atoms with Crippen LogP contribution in [0.1, 0.15) is 11.3 Å². The molecule has 0 bridgehead atoms. The van der Waals surface area contributed by atoms with Gasteiger partial charge in [0.2, 0.25) is 5.91 Å². The number of benzene rings is 1. The van der Waals surface area contributed by atoms with Crippen LogP contribution in [0.3, 0.4) is 0 Å². The largest absolute Gasteiger partial charge is 0.379 e. The normalized spacial score (nSPS) is 15.0. The third-order valence-electron chi connectivity index (χ3n) is 4.28. The molecule has 0 spiro atoms. The van der Waals surface area contributed by atoms with Gasteiger partial charge in [0.25, 0.3) is 0 Å². The van der Waals surface area contributed by atoms with Crippen molar-refractivity contribution in [1.29, 1.82) is 0 Å². The third-order valence-corrected chi connectivity index (χ3v) is 5.91. The Morgan fingerprint density at radius 1 is 1.19 bits per heavy atom. The lowest BCUT2D eigenvalue weighted by Crippen LogP contribution is -2.35. The fourth-order valence-corrected chi connectivity index (χ4v) is 4.28. The van der Waals surface area contributed by atoms with Gasteiger partial charge in [-0.1, -0.05) is 24.3 Å². The molecule has 0 radical (unpaired) electrons. The average molecular weight is 401 g/mol. The lowest BCUT2D eigenvalue weighted by molar-refractivity contribution is -0.115. The van der Waals surface area contributed by atoms with E-state index >= 15 is 0 Å². The van der Waals surface area contributed by atoms with Crippen LogP contribution >= 0.6 is 22.7 Å². The second-order valence-electron chi connectivity index (χ2n) is 6.29. The zero-order valence-corrected chi connectivity index (χ0v) is 16.4. The fraction of sp³-hybridized carbons (Fsp3) is 0.316. The summed E-state index contributed by atoms with van der Waals surface area (Å²) in [5.74, 6) is -0.0948. The summed E-state index contributed by atoms with van der Waals surface area (Å²) in [7, 11) is 0. The summed E-state index contributed by atoms with van der Waals surface area (Å²) in [6.07, 6.45) is 1.93. The zero-order chi connectivity index (χ0) is 18.5. The first-order valence-corrected chi connectivity index (χ1v) is 10.6. The number of nitrogens with zero attached hydrogens (tertiary/aromatic N) is 3. The summed E-state index contributed by atoms with van der Waals surface area (Å²) >= 11 is 2.97. The average Bonchev–Trinajstić information content (AvgIpc) is 3.35. The van der Waals surface area contributed by atoms with Gasteiger partial charge < -0.3 is 10.1 Å². The van der Waals surface area contributed by atoms with Crippen molar-refractivity contribution in [3.8, 4) is 10.6 Å². The van der Waals surface area contributed by atoms with Gasteiger partial charge in [0.05, 0.1) is 25.3 Å². The molecular weight excluding hydrogens is 380 g/mol. The van der Waals surface area contributed by atoms with Gasteiger partial charge in [-0.2, -0.15) is 0 Å². The Morgan fingerprint density at radius 3 is 2.74 bits per heavy atom. The Morgan fingerprint density at radius 2 is 2.00 bits per heavy atom. The van der Waals surface area contributed by atoms with E-state index < -0.39 is 0 Å². The van der Waals surface area contributed by atoms with Gasteiger partial charge in [-0.3, -0.25) is 9.69 Å². The predicted molar refractivity (Wildman–Crippen MR) is 108 cm³/mol. The minimum atomic E-state index is -0.0948. The van der Waals surface area contributed by atoms with Gasteiger partial charge in [-0.25, -0.2) is 9.97 Å². The summed E-state index contributed by atoms with van der Waals surface area (Å²) in [6.45, 7) is 4.55. The van der Waals surface area contributed by atoms with E-state index in [1.54, 1.807) is 17.5 Å². The SMILES string of the molecule is O=C(Cc1csc(-c2ccc(CN3CCOCC3)cc2)n1)Nc1nccs1. The highest BCUT2D eigenvalue weighted by Gasteiger charge is 2.12. The monoisotopic (exact) mass is 400 g/mol. The molecule has 3 aromatic rings. The van der Waals surface area contributed by atoms with Crippen molar-refractivity contribution < 1.29 is 9.53 Å². The van der Waals surface area contributed by atoms with Crippen molar-refractivity contribution in [3.05, 3.63) is 52.5 Å². The highest BCUT2D eigenvalue weighted by Crippen LogP contribution is 2.25. The Bertz CT molecular complexity index is 872. The number of amides is 1. The molecule has 0 atom stereocenters. The summed E-state index contributed by atoms with van der Waals surface area (Å²) < 4.78 is 5.39. The number of nitrogens with one attached hydrogen (secondary N) is 1. The molecule has 1 saturated heterocycles. The number of carbonyl (C=O) groups is 1. The molecule has 8 heteroatoms. The molecule has 140 valence electrons. The number of morpholine rings is 1. The number of aromatic nitrogens is 2. The van der Waals surface area contributed by atoms with Crippen molar-refractivity contribution in [3.63, 3.8) is 0 Å². The molecule has 0 aliphatic carbocycles. The lowest BCUT2D eigenvalue weighted by atomic mass is 10.1. The van der Waals surface area contributed by atoms with E-state index in [1.807, 2.05) is 10.8 Å². The van der Waals surface area contributed by atoms with Crippen molar-refractivity contribution in [2.45, 2.75) is 13.0 Å². The predicted octanol–water partition coefficient (Wildman–Crippen LogP) is 3.28. The quantitative estimate of drug-likeness (QED) is 0.688. The Kier molecular flexibility index (Phi) is 5.88. The van der Waals surface area contributed by atoms with Crippen LogP contribution in [0.5, 0.6) is 0 Å². The van der Waals surface area contributed by atoms with Crippen molar-refractivity contribution >= 4 is 33.7 Å². The molecule has 27 heavy (non-hydrogen) atoms. The number of rotatable bonds is 6. The van der Waals surface area contributed by atoms with Gasteiger partial charge >= 0.3 is 0 Å².